The molecule has 3 N–H and O–H groups in total. The van der Waals surface area contributed by atoms with E-state index in [1.165, 1.54) is 24.3 Å². The number of hydrogen-bond acceptors (Lipinski definition) is 5. The Morgan fingerprint density at radius 3 is 2.41 bits per heavy atom. The molecule has 1 saturated heterocycles. The van der Waals surface area contributed by atoms with Gasteiger partial charge in [0, 0.05) is 30.4 Å². The number of nitrogens with zero attached hydrogens (tertiary/aromatic N) is 1. The van der Waals surface area contributed by atoms with Crippen molar-refractivity contribution in [3.05, 3.63) is 54.1 Å². The van der Waals surface area contributed by atoms with Gasteiger partial charge in [0.2, 0.25) is 10.0 Å². The number of nitrogens with two attached hydrogens (primary N) is 1. The van der Waals surface area contributed by atoms with Gasteiger partial charge in [-0.3, -0.25) is 4.79 Å². The molecule has 3 rings (SSSR count). The van der Waals surface area contributed by atoms with Crippen LogP contribution in [0.15, 0.2) is 53.4 Å². The number of primary sulfonamides is 1. The Morgan fingerprint density at radius 2 is 1.81 bits per heavy atom. The van der Waals surface area contributed by atoms with E-state index in [0.29, 0.717) is 18.7 Å². The van der Waals surface area contributed by atoms with Crippen molar-refractivity contribution in [2.24, 2.45) is 5.14 Å². The predicted octanol–water partition coefficient (Wildman–Crippen LogP) is 2.06. The first-order valence-corrected chi connectivity index (χ1v) is 10.2. The van der Waals surface area contributed by atoms with E-state index in [4.69, 9.17) is 9.88 Å². The number of amides is 1. The summed E-state index contributed by atoms with van der Waals surface area (Å²) in [6, 6.07) is 13.6. The number of carbonyl (C=O) groups excluding carboxylic acids is 1. The van der Waals surface area contributed by atoms with Gasteiger partial charge in [-0.2, -0.15) is 0 Å². The molecule has 1 amide bonds. The topological polar surface area (TPSA) is 102 Å². The molecular weight excluding hydrogens is 366 g/mol. The molecule has 144 valence electrons. The molecule has 1 aliphatic rings. The highest BCUT2D eigenvalue weighted by Gasteiger charge is 2.24. The summed E-state index contributed by atoms with van der Waals surface area (Å²) in [4.78, 5) is 14.5. The van der Waals surface area contributed by atoms with Crippen molar-refractivity contribution in [3.63, 3.8) is 0 Å². The Kier molecular flexibility index (Phi) is 5.67. The number of anilines is 1. The van der Waals surface area contributed by atoms with Gasteiger partial charge in [-0.05, 0) is 61.4 Å². The minimum Gasteiger partial charge on any atom is -0.497 e. The van der Waals surface area contributed by atoms with Crippen molar-refractivity contribution >= 4 is 21.6 Å². The molecule has 8 heteroatoms. The zero-order valence-corrected chi connectivity index (χ0v) is 15.9. The van der Waals surface area contributed by atoms with Gasteiger partial charge in [0.1, 0.15) is 5.75 Å². The number of rotatable bonds is 5. The largest absolute Gasteiger partial charge is 0.497 e. The van der Waals surface area contributed by atoms with Crippen LogP contribution >= 0.6 is 0 Å². The average Bonchev–Trinajstić information content (AvgIpc) is 2.68. The Balaban J connectivity index is 1.65. The molecule has 1 heterocycles. The quantitative estimate of drug-likeness (QED) is 0.815. The summed E-state index contributed by atoms with van der Waals surface area (Å²) >= 11 is 0. The van der Waals surface area contributed by atoms with Gasteiger partial charge in [-0.15, -0.1) is 0 Å². The van der Waals surface area contributed by atoms with Gasteiger partial charge in [-0.1, -0.05) is 0 Å². The smallest absolute Gasteiger partial charge is 0.253 e. The van der Waals surface area contributed by atoms with E-state index in [-0.39, 0.29) is 16.8 Å². The number of piperidine rings is 1. The Hall–Kier alpha value is -2.58. The summed E-state index contributed by atoms with van der Waals surface area (Å²) in [5, 5.41) is 8.55. The van der Waals surface area contributed by atoms with Crippen LogP contribution in [0.2, 0.25) is 0 Å². The number of carbonyl (C=O) groups is 1. The first kappa shape index (κ1) is 19.2. The van der Waals surface area contributed by atoms with Gasteiger partial charge in [-0.25, -0.2) is 13.6 Å². The van der Waals surface area contributed by atoms with Gasteiger partial charge in [0.25, 0.3) is 5.91 Å². The summed E-state index contributed by atoms with van der Waals surface area (Å²) in [7, 11) is -2.13. The molecule has 7 nitrogen and oxygen atoms in total. The van der Waals surface area contributed by atoms with Crippen molar-refractivity contribution in [2.45, 2.75) is 23.8 Å². The van der Waals surface area contributed by atoms with Crippen LogP contribution in [0.3, 0.4) is 0 Å². The van der Waals surface area contributed by atoms with Crippen molar-refractivity contribution in [1.29, 1.82) is 0 Å². The highest BCUT2D eigenvalue weighted by Crippen LogP contribution is 2.20. The van der Waals surface area contributed by atoms with Crippen molar-refractivity contribution in [1.82, 2.24) is 4.90 Å². The predicted molar refractivity (Wildman–Crippen MR) is 103 cm³/mol. The van der Waals surface area contributed by atoms with Crippen LogP contribution in [0, 0.1) is 0 Å². The molecule has 0 aliphatic carbocycles. The molecule has 1 atom stereocenters. The maximum Gasteiger partial charge on any atom is 0.253 e. The van der Waals surface area contributed by atoms with Crippen LogP contribution in [0.5, 0.6) is 5.75 Å². The minimum absolute atomic E-state index is 0.00302. The van der Waals surface area contributed by atoms with E-state index in [9.17, 15) is 13.2 Å². The molecule has 0 saturated carbocycles. The van der Waals surface area contributed by atoms with Crippen molar-refractivity contribution < 1.29 is 17.9 Å². The lowest BCUT2D eigenvalue weighted by Gasteiger charge is -2.33. The minimum atomic E-state index is -3.76. The monoisotopic (exact) mass is 389 g/mol. The normalized spacial score (nSPS) is 17.4. The SMILES string of the molecule is COc1ccc(N[C@H]2CCCN(C(=O)c3ccc(S(N)(=O)=O)cc3)C2)cc1. The van der Waals surface area contributed by atoms with Crippen molar-refractivity contribution in [2.75, 3.05) is 25.5 Å². The lowest BCUT2D eigenvalue weighted by molar-refractivity contribution is 0.0714. The molecule has 0 aromatic heterocycles. The summed E-state index contributed by atoms with van der Waals surface area (Å²) in [6.07, 6.45) is 1.87. The second kappa shape index (κ2) is 7.98. The lowest BCUT2D eigenvalue weighted by atomic mass is 10.0. The van der Waals surface area contributed by atoms with E-state index in [1.807, 2.05) is 24.3 Å². The third-order valence-electron chi connectivity index (χ3n) is 4.60. The zero-order valence-electron chi connectivity index (χ0n) is 15.1. The van der Waals surface area contributed by atoms with E-state index in [0.717, 1.165) is 24.3 Å². The van der Waals surface area contributed by atoms with Crippen LogP contribution in [0.1, 0.15) is 23.2 Å². The second-order valence-corrected chi connectivity index (χ2v) is 8.09. The fraction of sp³-hybridized carbons (Fsp3) is 0.316. The standard InChI is InChI=1S/C19H23N3O4S/c1-26-17-8-6-15(7-9-17)21-16-3-2-12-22(13-16)19(23)14-4-10-18(11-5-14)27(20,24)25/h4-11,16,21H,2-3,12-13H2,1H3,(H2,20,24,25)/t16-/m0/s1. The first-order chi connectivity index (χ1) is 12.9. The zero-order chi connectivity index (χ0) is 19.4. The van der Waals surface area contributed by atoms with Gasteiger partial charge in [0.15, 0.2) is 0 Å². The van der Waals surface area contributed by atoms with Gasteiger partial charge < -0.3 is 15.0 Å². The fourth-order valence-corrected chi connectivity index (χ4v) is 3.69. The summed E-state index contributed by atoms with van der Waals surface area (Å²) in [5.74, 6) is 0.682. The molecule has 0 radical (unpaired) electrons. The van der Waals surface area contributed by atoms with Crippen LogP contribution in [-0.4, -0.2) is 45.5 Å². The van der Waals surface area contributed by atoms with Crippen LogP contribution < -0.4 is 15.2 Å². The highest BCUT2D eigenvalue weighted by molar-refractivity contribution is 7.89. The molecule has 2 aromatic rings. The number of nitrogens with one attached hydrogen (secondary N) is 1. The van der Waals surface area contributed by atoms with Crippen LogP contribution in [0.25, 0.3) is 0 Å². The molecule has 27 heavy (non-hydrogen) atoms. The van der Waals surface area contributed by atoms with E-state index in [1.54, 1.807) is 12.0 Å². The molecule has 0 spiro atoms. The second-order valence-electron chi connectivity index (χ2n) is 6.53. The molecule has 0 bridgehead atoms. The van der Waals surface area contributed by atoms with Gasteiger partial charge >= 0.3 is 0 Å². The van der Waals surface area contributed by atoms with E-state index in [2.05, 4.69) is 5.32 Å². The maximum atomic E-state index is 12.7. The number of ether oxygens (including phenoxy) is 1. The first-order valence-electron chi connectivity index (χ1n) is 8.69. The number of sulfonamides is 1. The number of likely N-dealkylation sites (tertiary alicyclic amines) is 1. The Morgan fingerprint density at radius 1 is 1.15 bits per heavy atom. The molecular formula is C19H23N3O4S. The molecule has 2 aromatic carbocycles. The number of hydrogen-bond donors (Lipinski definition) is 2. The van der Waals surface area contributed by atoms with E-state index < -0.39 is 10.0 Å². The summed E-state index contributed by atoms with van der Waals surface area (Å²) in [6.45, 7) is 1.26. The maximum absolute atomic E-state index is 12.7. The summed E-state index contributed by atoms with van der Waals surface area (Å²) < 4.78 is 27.8. The fourth-order valence-electron chi connectivity index (χ4n) is 3.17. The number of benzene rings is 2. The number of methoxy groups -OCH3 is 1. The van der Waals surface area contributed by atoms with E-state index >= 15 is 0 Å². The molecule has 0 unspecified atom stereocenters. The Labute approximate surface area is 159 Å². The molecule has 1 aliphatic heterocycles. The van der Waals surface area contributed by atoms with Crippen LogP contribution in [-0.2, 0) is 10.0 Å². The Bertz CT molecular complexity index is 896. The summed E-state index contributed by atoms with van der Waals surface area (Å²) in [5.41, 5.74) is 1.43. The highest BCUT2D eigenvalue weighted by atomic mass is 32.2. The lowest BCUT2D eigenvalue weighted by Crippen LogP contribution is -2.45. The molecule has 1 fully saturated rings. The van der Waals surface area contributed by atoms with Gasteiger partial charge in [0.05, 0.1) is 12.0 Å². The van der Waals surface area contributed by atoms with Crippen LogP contribution in [0.4, 0.5) is 5.69 Å². The third-order valence-corrected chi connectivity index (χ3v) is 5.53. The average molecular weight is 389 g/mol. The third kappa shape index (κ3) is 4.78. The van der Waals surface area contributed by atoms with Crippen molar-refractivity contribution in [3.8, 4) is 5.75 Å².